The van der Waals surface area contributed by atoms with E-state index in [-0.39, 0.29) is 0 Å². The second kappa shape index (κ2) is 7.86. The number of nitrogens with zero attached hydrogens (tertiary/aromatic N) is 6. The van der Waals surface area contributed by atoms with Crippen LogP contribution >= 0.6 is 23.1 Å². The second-order valence-electron chi connectivity index (χ2n) is 7.29. The molecule has 2 aromatic carbocycles. The Kier molecular flexibility index (Phi) is 4.71. The van der Waals surface area contributed by atoms with Gasteiger partial charge in [-0.15, -0.1) is 11.3 Å². The topological polar surface area (TPSA) is 77.5 Å². The Balaban J connectivity index is 1.65. The fourth-order valence-corrected chi connectivity index (χ4v) is 5.77. The van der Waals surface area contributed by atoms with Crippen molar-refractivity contribution in [2.45, 2.75) is 0 Å². The zero-order valence-corrected chi connectivity index (χ0v) is 18.5. The molecular weight excluding hydrogens is 436 g/mol. The van der Waals surface area contributed by atoms with E-state index in [4.69, 9.17) is 25.2 Å². The number of thioether (sulfide) groups is 1. The number of rotatable bonds is 3. The van der Waals surface area contributed by atoms with Gasteiger partial charge in [-0.3, -0.25) is 4.99 Å². The monoisotopic (exact) mass is 452 g/mol. The molecule has 6 nitrogen and oxygen atoms in total. The van der Waals surface area contributed by atoms with Crippen LogP contribution in [0.5, 0.6) is 0 Å². The Bertz CT molecular complexity index is 1430. The molecule has 4 heterocycles. The Hall–Kier alpha value is -3.54. The van der Waals surface area contributed by atoms with Gasteiger partial charge in [0, 0.05) is 17.7 Å². The molecule has 0 aliphatic carbocycles. The third-order valence-corrected chi connectivity index (χ3v) is 7.27. The molecule has 0 bridgehead atoms. The number of hydrogen-bond acceptors (Lipinski definition) is 8. The number of nitriles is 1. The molecule has 8 heteroatoms. The fraction of sp³-hybridized carbons (Fsp3) is 0.125. The minimum absolute atomic E-state index is 0.347. The smallest absolute Gasteiger partial charge is 0.171 e. The van der Waals surface area contributed by atoms with Crippen LogP contribution in [0.1, 0.15) is 4.88 Å². The van der Waals surface area contributed by atoms with Gasteiger partial charge in [-0.2, -0.15) is 5.26 Å². The van der Waals surface area contributed by atoms with Gasteiger partial charge >= 0.3 is 0 Å². The summed E-state index contributed by atoms with van der Waals surface area (Å²) in [5.41, 5.74) is 3.73. The highest BCUT2D eigenvalue weighted by molar-refractivity contribution is 8.14. The molecule has 0 saturated heterocycles. The normalized spacial score (nSPS) is 14.5. The van der Waals surface area contributed by atoms with Gasteiger partial charge in [-0.25, -0.2) is 15.0 Å². The van der Waals surface area contributed by atoms with Crippen LogP contribution in [0.25, 0.3) is 32.9 Å². The molecule has 6 rings (SSSR count). The van der Waals surface area contributed by atoms with Crippen LogP contribution in [-0.4, -0.2) is 44.7 Å². The molecule has 2 aliphatic rings. The van der Waals surface area contributed by atoms with Crippen molar-refractivity contribution in [2.24, 2.45) is 9.98 Å². The van der Waals surface area contributed by atoms with E-state index in [1.165, 1.54) is 11.8 Å². The zero-order valence-electron chi connectivity index (χ0n) is 16.9. The Morgan fingerprint density at radius 1 is 1.00 bits per heavy atom. The zero-order chi connectivity index (χ0) is 21.5. The minimum Gasteiger partial charge on any atom is -0.303 e. The van der Waals surface area contributed by atoms with E-state index in [2.05, 4.69) is 23.1 Å². The van der Waals surface area contributed by atoms with Crippen LogP contribution in [0.2, 0.25) is 0 Å². The van der Waals surface area contributed by atoms with Crippen molar-refractivity contribution in [3.05, 3.63) is 65.5 Å². The van der Waals surface area contributed by atoms with Crippen LogP contribution in [0.15, 0.2) is 70.6 Å². The average molecular weight is 453 g/mol. The van der Waals surface area contributed by atoms with E-state index in [1.807, 2.05) is 48.5 Å². The minimum atomic E-state index is 0.347. The van der Waals surface area contributed by atoms with Crippen LogP contribution < -0.4 is 0 Å². The highest BCUT2D eigenvalue weighted by Gasteiger charge is 2.34. The molecule has 0 N–H and O–H groups in total. The summed E-state index contributed by atoms with van der Waals surface area (Å²) in [4.78, 5) is 23.8. The summed E-state index contributed by atoms with van der Waals surface area (Å²) in [5, 5.41) is 10.9. The predicted molar refractivity (Wildman–Crippen MR) is 132 cm³/mol. The van der Waals surface area contributed by atoms with Crippen LogP contribution in [-0.2, 0) is 0 Å². The fourth-order valence-electron chi connectivity index (χ4n) is 3.96. The van der Waals surface area contributed by atoms with Crippen LogP contribution in [0.3, 0.4) is 0 Å². The molecule has 0 fully saturated rings. The number of hydrogen-bond donors (Lipinski definition) is 0. The van der Waals surface area contributed by atoms with Gasteiger partial charge in [-0.1, -0.05) is 72.4 Å². The van der Waals surface area contributed by atoms with Gasteiger partial charge in [0.2, 0.25) is 0 Å². The summed E-state index contributed by atoms with van der Waals surface area (Å²) in [7, 11) is 0. The highest BCUT2D eigenvalue weighted by atomic mass is 32.2. The van der Waals surface area contributed by atoms with E-state index >= 15 is 0 Å². The summed E-state index contributed by atoms with van der Waals surface area (Å²) < 4.78 is 0. The maximum Gasteiger partial charge on any atom is 0.171 e. The van der Waals surface area contributed by atoms with Gasteiger partial charge in [0.25, 0.3) is 0 Å². The first-order chi connectivity index (χ1) is 15.8. The standard InChI is InChI=1S/C24H16N6S2/c25-11-14-31-24-28-19-17-18(15-7-3-1-4-8-15)27-21(16-9-5-2-6-10-16)29-23(17)32-20(19)22-26-12-13-30(22)24/h1-10H,12-14H2. The number of benzene rings is 2. The molecule has 0 saturated carbocycles. The van der Waals surface area contributed by atoms with Crippen molar-refractivity contribution in [3.8, 4) is 28.7 Å². The van der Waals surface area contributed by atoms with Gasteiger partial charge < -0.3 is 4.90 Å². The largest absolute Gasteiger partial charge is 0.303 e. The van der Waals surface area contributed by atoms with Crippen molar-refractivity contribution in [1.82, 2.24) is 14.9 Å². The number of amidine groups is 2. The summed E-state index contributed by atoms with van der Waals surface area (Å²) in [6.07, 6.45) is 0. The lowest BCUT2D eigenvalue weighted by molar-refractivity contribution is 0.676. The summed E-state index contributed by atoms with van der Waals surface area (Å²) in [5.74, 6) is 1.97. The SMILES string of the molecule is N#CCSC1=Nc2c(sc3nc(-c4ccccc4)nc(-c4ccccc4)c23)C2=NCCN12. The molecular formula is C24H16N6S2. The molecule has 154 valence electrons. The lowest BCUT2D eigenvalue weighted by Crippen LogP contribution is -2.34. The number of thiophene rings is 1. The van der Waals surface area contributed by atoms with E-state index in [0.29, 0.717) is 11.6 Å². The number of fused-ring (bicyclic) bond motifs is 5. The lowest BCUT2D eigenvalue weighted by atomic mass is 10.1. The third kappa shape index (κ3) is 3.09. The third-order valence-electron chi connectivity index (χ3n) is 5.35. The number of aliphatic imine (C=N–C) groups is 2. The first-order valence-corrected chi connectivity index (χ1v) is 12.0. The summed E-state index contributed by atoms with van der Waals surface area (Å²) >= 11 is 3.06. The first kappa shape index (κ1) is 19.2. The molecule has 0 amide bonds. The van der Waals surface area contributed by atoms with E-state index in [1.54, 1.807) is 11.3 Å². The Labute approximate surface area is 193 Å². The van der Waals surface area contributed by atoms with Gasteiger partial charge in [-0.05, 0) is 0 Å². The van der Waals surface area contributed by atoms with Crippen molar-refractivity contribution in [3.63, 3.8) is 0 Å². The quantitative estimate of drug-likeness (QED) is 0.419. The molecule has 0 radical (unpaired) electrons. The van der Waals surface area contributed by atoms with Gasteiger partial charge in [0.1, 0.15) is 10.7 Å². The maximum absolute atomic E-state index is 9.10. The molecule has 32 heavy (non-hydrogen) atoms. The van der Waals surface area contributed by atoms with E-state index in [9.17, 15) is 0 Å². The Morgan fingerprint density at radius 3 is 2.50 bits per heavy atom. The van der Waals surface area contributed by atoms with E-state index in [0.717, 1.165) is 61.7 Å². The number of aromatic nitrogens is 2. The van der Waals surface area contributed by atoms with Crippen molar-refractivity contribution in [2.75, 3.05) is 18.8 Å². The predicted octanol–water partition coefficient (Wildman–Crippen LogP) is 5.35. The first-order valence-electron chi connectivity index (χ1n) is 10.2. The lowest BCUT2D eigenvalue weighted by Gasteiger charge is -2.24. The second-order valence-corrected chi connectivity index (χ2v) is 9.23. The van der Waals surface area contributed by atoms with Gasteiger partial charge in [0.15, 0.2) is 11.0 Å². The van der Waals surface area contributed by atoms with Crippen LogP contribution in [0, 0.1) is 11.3 Å². The van der Waals surface area contributed by atoms with Gasteiger partial charge in [0.05, 0.1) is 40.0 Å². The average Bonchev–Trinajstić information content (AvgIpc) is 3.48. The van der Waals surface area contributed by atoms with Crippen molar-refractivity contribution in [1.29, 1.82) is 5.26 Å². The molecule has 2 aromatic heterocycles. The summed E-state index contributed by atoms with van der Waals surface area (Å²) in [6, 6.07) is 22.4. The van der Waals surface area contributed by atoms with Crippen molar-refractivity contribution >= 4 is 50.0 Å². The Morgan fingerprint density at radius 2 is 1.75 bits per heavy atom. The highest BCUT2D eigenvalue weighted by Crippen LogP contribution is 2.46. The van der Waals surface area contributed by atoms with Crippen molar-refractivity contribution < 1.29 is 0 Å². The van der Waals surface area contributed by atoms with Crippen LogP contribution in [0.4, 0.5) is 5.69 Å². The molecule has 2 aliphatic heterocycles. The molecule has 4 aromatic rings. The van der Waals surface area contributed by atoms with E-state index < -0.39 is 0 Å². The maximum atomic E-state index is 9.10. The molecule has 0 spiro atoms. The summed E-state index contributed by atoms with van der Waals surface area (Å²) in [6.45, 7) is 1.51. The molecule has 0 unspecified atom stereocenters. The molecule has 0 atom stereocenters.